The van der Waals surface area contributed by atoms with Crippen LogP contribution in [0.3, 0.4) is 0 Å². The van der Waals surface area contributed by atoms with Crippen molar-refractivity contribution in [2.24, 2.45) is 5.92 Å². The van der Waals surface area contributed by atoms with Crippen molar-refractivity contribution in [2.75, 3.05) is 13.1 Å². The molecule has 0 spiro atoms. The molecule has 1 fully saturated rings. The van der Waals surface area contributed by atoms with Gasteiger partial charge in [-0.2, -0.15) is 18.3 Å². The Bertz CT molecular complexity index is 489. The Morgan fingerprint density at radius 3 is 2.80 bits per heavy atom. The lowest BCUT2D eigenvalue weighted by molar-refractivity contribution is -0.188. The molecule has 0 N–H and O–H groups in total. The van der Waals surface area contributed by atoms with E-state index in [0.717, 1.165) is 3.57 Å². The van der Waals surface area contributed by atoms with Crippen LogP contribution in [0.2, 0.25) is 0 Å². The van der Waals surface area contributed by atoms with E-state index in [9.17, 15) is 18.0 Å². The Labute approximate surface area is 128 Å². The summed E-state index contributed by atoms with van der Waals surface area (Å²) in [6.07, 6.45) is -0.433. The minimum Gasteiger partial charge on any atom is -0.340 e. The molecule has 2 heterocycles. The highest BCUT2D eigenvalue weighted by atomic mass is 127. The number of amides is 1. The van der Waals surface area contributed by atoms with Crippen molar-refractivity contribution in [1.29, 1.82) is 0 Å². The first-order chi connectivity index (χ1) is 9.29. The van der Waals surface area contributed by atoms with E-state index in [4.69, 9.17) is 0 Å². The summed E-state index contributed by atoms with van der Waals surface area (Å²) >= 11 is 2.07. The monoisotopic (exact) mass is 401 g/mol. The van der Waals surface area contributed by atoms with Crippen molar-refractivity contribution in [3.8, 4) is 0 Å². The highest BCUT2D eigenvalue weighted by Crippen LogP contribution is 2.33. The van der Waals surface area contributed by atoms with Gasteiger partial charge in [0.25, 0.3) is 0 Å². The van der Waals surface area contributed by atoms with Crippen molar-refractivity contribution in [1.82, 2.24) is 14.7 Å². The second-order valence-corrected chi connectivity index (χ2v) is 6.23. The van der Waals surface area contributed by atoms with Gasteiger partial charge in [0.2, 0.25) is 5.91 Å². The number of likely N-dealkylation sites (tertiary alicyclic amines) is 1. The van der Waals surface area contributed by atoms with Gasteiger partial charge in [-0.25, -0.2) is 0 Å². The van der Waals surface area contributed by atoms with Gasteiger partial charge in [-0.3, -0.25) is 9.48 Å². The molecule has 112 valence electrons. The second kappa shape index (κ2) is 5.90. The predicted octanol–water partition coefficient (Wildman–Crippen LogP) is 2.85. The lowest BCUT2D eigenvalue weighted by atomic mass is 9.97. The topological polar surface area (TPSA) is 38.1 Å². The molecule has 1 aromatic rings. The summed E-state index contributed by atoms with van der Waals surface area (Å²) in [6, 6.07) is -0.578. The van der Waals surface area contributed by atoms with Crippen molar-refractivity contribution >= 4 is 28.5 Å². The molecule has 1 aliphatic heterocycles. The highest BCUT2D eigenvalue weighted by molar-refractivity contribution is 14.1. The quantitative estimate of drug-likeness (QED) is 0.716. The number of rotatable bonds is 2. The van der Waals surface area contributed by atoms with Gasteiger partial charge < -0.3 is 4.90 Å². The van der Waals surface area contributed by atoms with E-state index in [2.05, 4.69) is 27.7 Å². The molecule has 1 aromatic heterocycles. The fraction of sp³-hybridized carbons (Fsp3) is 0.667. The summed E-state index contributed by atoms with van der Waals surface area (Å²) in [7, 11) is 0. The summed E-state index contributed by atoms with van der Waals surface area (Å²) in [6.45, 7) is 1.79. The van der Waals surface area contributed by atoms with Crippen LogP contribution in [0, 0.1) is 9.49 Å². The fourth-order valence-corrected chi connectivity index (χ4v) is 2.76. The molecule has 1 amide bonds. The Kier molecular flexibility index (Phi) is 4.60. The SMILES string of the molecule is CC(C(=O)N1CCCC(C(F)(F)F)C1)n1cc(I)cn1. The Hall–Kier alpha value is -0.800. The van der Waals surface area contributed by atoms with Gasteiger partial charge in [-0.15, -0.1) is 0 Å². The molecule has 2 rings (SSSR count). The molecule has 4 nitrogen and oxygen atoms in total. The maximum atomic E-state index is 12.7. The van der Waals surface area contributed by atoms with Gasteiger partial charge in [0.05, 0.1) is 15.7 Å². The van der Waals surface area contributed by atoms with Crippen LogP contribution in [0.1, 0.15) is 25.8 Å². The first kappa shape index (κ1) is 15.6. The standard InChI is InChI=1S/C12H15F3IN3O/c1-8(19-7-10(16)5-17-19)11(20)18-4-2-3-9(6-18)12(13,14)15/h5,7-9H,2-4,6H2,1H3. The van der Waals surface area contributed by atoms with E-state index in [-0.39, 0.29) is 18.9 Å². The van der Waals surface area contributed by atoms with Crippen LogP contribution >= 0.6 is 22.6 Å². The summed E-state index contributed by atoms with van der Waals surface area (Å²) in [5.41, 5.74) is 0. The van der Waals surface area contributed by atoms with Crippen LogP contribution in [-0.2, 0) is 4.79 Å². The number of hydrogen-bond acceptors (Lipinski definition) is 2. The number of aromatic nitrogens is 2. The summed E-state index contributed by atoms with van der Waals surface area (Å²) in [5, 5.41) is 4.04. The molecule has 0 aromatic carbocycles. The lowest BCUT2D eigenvalue weighted by Crippen LogP contribution is -2.46. The van der Waals surface area contributed by atoms with Crippen molar-refractivity contribution in [3.05, 3.63) is 16.0 Å². The van der Waals surface area contributed by atoms with E-state index in [1.165, 1.54) is 9.58 Å². The summed E-state index contributed by atoms with van der Waals surface area (Å²) in [5.74, 6) is -1.72. The fourth-order valence-electron chi connectivity index (χ4n) is 2.35. The molecule has 0 saturated carbocycles. The van der Waals surface area contributed by atoms with E-state index < -0.39 is 18.1 Å². The highest BCUT2D eigenvalue weighted by Gasteiger charge is 2.43. The maximum Gasteiger partial charge on any atom is 0.393 e. The smallest absolute Gasteiger partial charge is 0.340 e. The molecule has 0 bridgehead atoms. The maximum absolute atomic E-state index is 12.7. The average Bonchev–Trinajstić information content (AvgIpc) is 2.83. The minimum atomic E-state index is -4.23. The summed E-state index contributed by atoms with van der Waals surface area (Å²) < 4.78 is 40.6. The van der Waals surface area contributed by atoms with Crippen LogP contribution in [0.25, 0.3) is 0 Å². The van der Waals surface area contributed by atoms with Crippen LogP contribution in [0.15, 0.2) is 12.4 Å². The Morgan fingerprint density at radius 1 is 1.55 bits per heavy atom. The number of halogens is 4. The third-order valence-corrected chi connectivity index (χ3v) is 4.08. The molecule has 0 radical (unpaired) electrons. The minimum absolute atomic E-state index is 0.0985. The van der Waals surface area contributed by atoms with Crippen LogP contribution in [-0.4, -0.2) is 39.9 Å². The third-order valence-electron chi connectivity index (χ3n) is 3.52. The zero-order valence-electron chi connectivity index (χ0n) is 10.9. The van der Waals surface area contributed by atoms with Crippen LogP contribution < -0.4 is 0 Å². The van der Waals surface area contributed by atoms with E-state index in [1.54, 1.807) is 19.3 Å². The Balaban J connectivity index is 2.05. The normalized spacial score (nSPS) is 21.9. The number of nitrogens with zero attached hydrogens (tertiary/aromatic N) is 3. The van der Waals surface area contributed by atoms with Crippen LogP contribution in [0.4, 0.5) is 13.2 Å². The van der Waals surface area contributed by atoms with Gasteiger partial charge in [0.15, 0.2) is 0 Å². The zero-order valence-corrected chi connectivity index (χ0v) is 13.1. The lowest BCUT2D eigenvalue weighted by Gasteiger charge is -2.35. The number of carbonyl (C=O) groups excluding carboxylic acids is 1. The molecule has 2 atom stereocenters. The first-order valence-corrected chi connectivity index (χ1v) is 7.42. The molecule has 8 heteroatoms. The van der Waals surface area contributed by atoms with E-state index >= 15 is 0 Å². The Morgan fingerprint density at radius 2 is 2.25 bits per heavy atom. The second-order valence-electron chi connectivity index (χ2n) is 4.98. The van der Waals surface area contributed by atoms with Crippen molar-refractivity contribution < 1.29 is 18.0 Å². The number of hydrogen-bond donors (Lipinski definition) is 0. The third kappa shape index (κ3) is 3.44. The van der Waals surface area contributed by atoms with Crippen molar-refractivity contribution in [2.45, 2.75) is 32.0 Å². The number of carbonyl (C=O) groups is 1. The largest absolute Gasteiger partial charge is 0.393 e. The molecule has 0 aliphatic carbocycles. The zero-order chi connectivity index (χ0) is 14.9. The number of alkyl halides is 3. The predicted molar refractivity (Wildman–Crippen MR) is 75.0 cm³/mol. The first-order valence-electron chi connectivity index (χ1n) is 6.34. The molecule has 20 heavy (non-hydrogen) atoms. The summed E-state index contributed by atoms with van der Waals surface area (Å²) in [4.78, 5) is 13.6. The van der Waals surface area contributed by atoms with Gasteiger partial charge in [-0.1, -0.05) is 0 Å². The molecular formula is C12H15F3IN3O. The van der Waals surface area contributed by atoms with Gasteiger partial charge in [0.1, 0.15) is 6.04 Å². The molecule has 2 unspecified atom stereocenters. The van der Waals surface area contributed by atoms with E-state index in [1.807, 2.05) is 0 Å². The molecule has 1 saturated heterocycles. The van der Waals surface area contributed by atoms with E-state index in [0.29, 0.717) is 13.0 Å². The van der Waals surface area contributed by atoms with Gasteiger partial charge in [0, 0.05) is 19.3 Å². The van der Waals surface area contributed by atoms with Gasteiger partial charge >= 0.3 is 6.18 Å². The van der Waals surface area contributed by atoms with Crippen LogP contribution in [0.5, 0.6) is 0 Å². The molecular weight excluding hydrogens is 386 g/mol. The number of piperidine rings is 1. The van der Waals surface area contributed by atoms with Gasteiger partial charge in [-0.05, 0) is 42.4 Å². The van der Waals surface area contributed by atoms with Crippen molar-refractivity contribution in [3.63, 3.8) is 0 Å². The molecule has 1 aliphatic rings. The average molecular weight is 401 g/mol.